The molecule has 0 aliphatic heterocycles. The molecule has 1 aromatic carbocycles. The van der Waals surface area contributed by atoms with Crippen LogP contribution in [0.25, 0.3) is 0 Å². The first-order chi connectivity index (χ1) is 9.06. The van der Waals surface area contributed by atoms with Gasteiger partial charge in [0.05, 0.1) is 5.71 Å². The first-order valence-electron chi connectivity index (χ1n) is 5.45. The van der Waals surface area contributed by atoms with Gasteiger partial charge in [-0.3, -0.25) is 4.79 Å². The second-order valence-corrected chi connectivity index (χ2v) is 4.57. The predicted molar refractivity (Wildman–Crippen MR) is 74.2 cm³/mol. The number of hydrogen-bond donors (Lipinski definition) is 2. The highest BCUT2D eigenvalue weighted by Gasteiger charge is 2.09. The van der Waals surface area contributed by atoms with Crippen LogP contribution in [0.4, 0.5) is 0 Å². The molecule has 0 fully saturated rings. The van der Waals surface area contributed by atoms with Crippen LogP contribution in [-0.4, -0.2) is 16.7 Å². The predicted octanol–water partition coefficient (Wildman–Crippen LogP) is 2.90. The molecular weight excluding hydrogens is 312 g/mol. The number of amides is 1. The second kappa shape index (κ2) is 5.71. The summed E-state index contributed by atoms with van der Waals surface area (Å²) in [5, 5.41) is 13.3. The molecule has 2 rings (SSSR count). The molecule has 98 valence electrons. The van der Waals surface area contributed by atoms with Gasteiger partial charge in [0.1, 0.15) is 5.75 Å². The van der Waals surface area contributed by atoms with Crippen LogP contribution in [0.15, 0.2) is 50.6 Å². The molecule has 0 radical (unpaired) electrons. The highest BCUT2D eigenvalue weighted by molar-refractivity contribution is 9.10. The van der Waals surface area contributed by atoms with Gasteiger partial charge in [-0.1, -0.05) is 12.1 Å². The molecule has 0 saturated carbocycles. The van der Waals surface area contributed by atoms with Crippen molar-refractivity contribution >= 4 is 27.5 Å². The lowest BCUT2D eigenvalue weighted by molar-refractivity contribution is 0.0926. The number of carbonyl (C=O) groups excluding carboxylic acids is 1. The van der Waals surface area contributed by atoms with Gasteiger partial charge in [-0.25, -0.2) is 5.43 Å². The maximum atomic E-state index is 11.7. The van der Waals surface area contributed by atoms with E-state index >= 15 is 0 Å². The van der Waals surface area contributed by atoms with Crippen LogP contribution < -0.4 is 5.43 Å². The quantitative estimate of drug-likeness (QED) is 0.674. The number of benzene rings is 1. The largest absolute Gasteiger partial charge is 0.508 e. The summed E-state index contributed by atoms with van der Waals surface area (Å²) in [5.41, 5.74) is 3.68. The van der Waals surface area contributed by atoms with E-state index < -0.39 is 5.91 Å². The van der Waals surface area contributed by atoms with Crippen molar-refractivity contribution in [1.29, 1.82) is 0 Å². The minimum atomic E-state index is -0.440. The highest BCUT2D eigenvalue weighted by atomic mass is 79.9. The minimum Gasteiger partial charge on any atom is -0.508 e. The van der Waals surface area contributed by atoms with Crippen LogP contribution in [0.5, 0.6) is 5.75 Å². The molecule has 0 aliphatic carbocycles. The SMILES string of the molecule is CC(=NNC(=O)c1ccc(Br)o1)c1cccc(O)c1. The summed E-state index contributed by atoms with van der Waals surface area (Å²) < 4.78 is 5.58. The van der Waals surface area contributed by atoms with Crippen molar-refractivity contribution in [3.05, 3.63) is 52.4 Å². The lowest BCUT2D eigenvalue weighted by Gasteiger charge is -2.02. The van der Waals surface area contributed by atoms with Crippen molar-refractivity contribution in [1.82, 2.24) is 5.43 Å². The Bertz CT molecular complexity index is 634. The third-order valence-electron chi connectivity index (χ3n) is 2.39. The van der Waals surface area contributed by atoms with Crippen LogP contribution in [0.1, 0.15) is 23.0 Å². The zero-order valence-corrected chi connectivity index (χ0v) is 11.6. The maximum Gasteiger partial charge on any atom is 0.307 e. The average Bonchev–Trinajstić information content (AvgIpc) is 2.82. The number of nitrogens with one attached hydrogen (secondary N) is 1. The molecule has 0 saturated heterocycles. The van der Waals surface area contributed by atoms with Crippen molar-refractivity contribution in [3.8, 4) is 5.75 Å². The monoisotopic (exact) mass is 322 g/mol. The van der Waals surface area contributed by atoms with Crippen molar-refractivity contribution in [3.63, 3.8) is 0 Å². The van der Waals surface area contributed by atoms with Crippen LogP contribution in [0, 0.1) is 0 Å². The fourth-order valence-corrected chi connectivity index (χ4v) is 1.73. The molecule has 1 heterocycles. The van der Waals surface area contributed by atoms with Gasteiger partial charge in [-0.05, 0) is 47.1 Å². The van der Waals surface area contributed by atoms with Crippen LogP contribution in [0.2, 0.25) is 0 Å². The Morgan fingerprint density at radius 2 is 2.16 bits per heavy atom. The van der Waals surface area contributed by atoms with Gasteiger partial charge in [0, 0.05) is 5.56 Å². The fourth-order valence-electron chi connectivity index (χ4n) is 1.42. The molecule has 19 heavy (non-hydrogen) atoms. The zero-order chi connectivity index (χ0) is 13.8. The van der Waals surface area contributed by atoms with Gasteiger partial charge in [-0.15, -0.1) is 0 Å². The lowest BCUT2D eigenvalue weighted by Crippen LogP contribution is -2.18. The molecule has 1 aromatic heterocycles. The molecule has 0 atom stereocenters. The summed E-state index contributed by atoms with van der Waals surface area (Å²) in [6.07, 6.45) is 0. The third-order valence-corrected chi connectivity index (χ3v) is 2.81. The summed E-state index contributed by atoms with van der Waals surface area (Å²) >= 11 is 3.11. The van der Waals surface area contributed by atoms with Gasteiger partial charge < -0.3 is 9.52 Å². The van der Waals surface area contributed by atoms with Gasteiger partial charge in [0.25, 0.3) is 0 Å². The second-order valence-electron chi connectivity index (χ2n) is 3.79. The molecule has 6 heteroatoms. The minimum absolute atomic E-state index is 0.147. The number of aromatic hydroxyl groups is 1. The molecule has 1 amide bonds. The number of hydrazone groups is 1. The highest BCUT2D eigenvalue weighted by Crippen LogP contribution is 2.14. The molecule has 5 nitrogen and oxygen atoms in total. The lowest BCUT2D eigenvalue weighted by atomic mass is 10.1. The Hall–Kier alpha value is -2.08. The number of phenols is 1. The van der Waals surface area contributed by atoms with E-state index in [2.05, 4.69) is 26.5 Å². The van der Waals surface area contributed by atoms with Crippen molar-refractivity contribution in [2.75, 3.05) is 0 Å². The van der Waals surface area contributed by atoms with Crippen LogP contribution >= 0.6 is 15.9 Å². The summed E-state index contributed by atoms with van der Waals surface area (Å²) in [4.78, 5) is 11.7. The Kier molecular flexibility index (Phi) is 4.01. The Morgan fingerprint density at radius 1 is 1.37 bits per heavy atom. The van der Waals surface area contributed by atoms with E-state index in [-0.39, 0.29) is 11.5 Å². The number of carbonyl (C=O) groups is 1. The summed E-state index contributed by atoms with van der Waals surface area (Å²) in [6, 6.07) is 9.78. The van der Waals surface area contributed by atoms with Crippen LogP contribution in [0.3, 0.4) is 0 Å². The number of halogens is 1. The van der Waals surface area contributed by atoms with Crippen LogP contribution in [-0.2, 0) is 0 Å². The van der Waals surface area contributed by atoms with E-state index in [1.807, 2.05) is 0 Å². The van der Waals surface area contributed by atoms with Gasteiger partial charge in [0.15, 0.2) is 10.4 Å². The van der Waals surface area contributed by atoms with E-state index in [1.165, 1.54) is 0 Å². The smallest absolute Gasteiger partial charge is 0.307 e. The fraction of sp³-hybridized carbons (Fsp3) is 0.0769. The molecule has 2 N–H and O–H groups in total. The number of furan rings is 1. The van der Waals surface area contributed by atoms with E-state index in [1.54, 1.807) is 43.3 Å². The average molecular weight is 323 g/mol. The van der Waals surface area contributed by atoms with E-state index in [0.717, 1.165) is 5.56 Å². The molecular formula is C13H11BrN2O3. The maximum absolute atomic E-state index is 11.7. The summed E-state index contributed by atoms with van der Waals surface area (Å²) in [5.74, 6) is -0.127. The third kappa shape index (κ3) is 3.45. The van der Waals surface area contributed by atoms with Gasteiger partial charge in [0.2, 0.25) is 0 Å². The number of rotatable bonds is 3. The topological polar surface area (TPSA) is 74.8 Å². The molecule has 0 bridgehead atoms. The molecule has 0 spiro atoms. The zero-order valence-electron chi connectivity index (χ0n) is 10.1. The normalized spacial score (nSPS) is 11.4. The number of nitrogens with zero attached hydrogens (tertiary/aromatic N) is 1. The Balaban J connectivity index is 2.08. The molecule has 0 aliphatic rings. The Morgan fingerprint density at radius 3 is 2.79 bits per heavy atom. The van der Waals surface area contributed by atoms with Gasteiger partial charge in [-0.2, -0.15) is 5.10 Å². The number of phenolic OH excluding ortho intramolecular Hbond substituents is 1. The van der Waals surface area contributed by atoms with Crippen molar-refractivity contribution in [2.24, 2.45) is 5.10 Å². The standard InChI is InChI=1S/C13H11BrN2O3/c1-8(9-3-2-4-10(17)7-9)15-16-13(18)11-5-6-12(14)19-11/h2-7,17H,1H3,(H,16,18). The Labute approximate surface area is 118 Å². The van der Waals surface area contributed by atoms with Crippen molar-refractivity contribution < 1.29 is 14.3 Å². The first kappa shape index (κ1) is 13.4. The van der Waals surface area contributed by atoms with Crippen molar-refractivity contribution in [2.45, 2.75) is 6.92 Å². The molecule has 0 unspecified atom stereocenters. The van der Waals surface area contributed by atoms with E-state index in [0.29, 0.717) is 10.4 Å². The van der Waals surface area contributed by atoms with E-state index in [4.69, 9.17) is 4.42 Å². The van der Waals surface area contributed by atoms with E-state index in [9.17, 15) is 9.90 Å². The first-order valence-corrected chi connectivity index (χ1v) is 6.25. The number of hydrogen-bond acceptors (Lipinski definition) is 4. The van der Waals surface area contributed by atoms with Gasteiger partial charge >= 0.3 is 5.91 Å². The summed E-state index contributed by atoms with van der Waals surface area (Å²) in [6.45, 7) is 1.73. The summed E-state index contributed by atoms with van der Waals surface area (Å²) in [7, 11) is 0. The molecule has 2 aromatic rings.